The zero-order valence-electron chi connectivity index (χ0n) is 8.09. The minimum Gasteiger partial charge on any atom is -0.394 e. The molecule has 88 valence electrons. The van der Waals surface area contributed by atoms with E-state index in [-0.39, 0.29) is 26.4 Å². The first-order valence-electron chi connectivity index (χ1n) is 4.25. The average molecular weight is 226 g/mol. The molecule has 0 spiro atoms. The second kappa shape index (κ2) is 7.48. The molecule has 0 bridgehead atoms. The van der Waals surface area contributed by atoms with Crippen molar-refractivity contribution in [2.45, 2.75) is 12.3 Å². The summed E-state index contributed by atoms with van der Waals surface area (Å²) in [6.45, 7) is 2.75. The fourth-order valence-corrected chi connectivity index (χ4v) is 0.745. The molecule has 0 fully saturated rings. The molecule has 0 saturated carbocycles. The smallest absolute Gasteiger partial charge is 0.394 e. The topological polar surface area (TPSA) is 38.7 Å². The fourth-order valence-electron chi connectivity index (χ4n) is 0.745. The Bertz CT molecular complexity index is 209. The average Bonchev–Trinajstić information content (AvgIpc) is 2.14. The molecule has 0 aliphatic carbocycles. The van der Waals surface area contributed by atoms with Gasteiger partial charge in [0.2, 0.25) is 0 Å². The van der Waals surface area contributed by atoms with Crippen LogP contribution in [-0.2, 0) is 9.47 Å². The van der Waals surface area contributed by atoms with Crippen LogP contribution in [0.25, 0.3) is 0 Å². The molecule has 0 aliphatic heterocycles. The number of aliphatic hydroxyl groups is 1. The monoisotopic (exact) mass is 226 g/mol. The van der Waals surface area contributed by atoms with Gasteiger partial charge in [-0.05, 0) is 6.08 Å². The summed E-state index contributed by atoms with van der Waals surface area (Å²) in [7, 11) is 0. The molecule has 0 heterocycles. The van der Waals surface area contributed by atoms with Crippen LogP contribution in [0.1, 0.15) is 0 Å². The number of aliphatic hydroxyl groups excluding tert-OH is 1. The van der Waals surface area contributed by atoms with E-state index in [0.717, 1.165) is 0 Å². The lowest BCUT2D eigenvalue weighted by Crippen LogP contribution is -2.30. The normalized spacial score (nSPS) is 13.3. The highest BCUT2D eigenvalue weighted by molar-refractivity contribution is 4.90. The Balaban J connectivity index is 3.83. The van der Waals surface area contributed by atoms with Gasteiger partial charge in [0, 0.05) is 0 Å². The van der Waals surface area contributed by atoms with E-state index in [9.17, 15) is 13.2 Å². The number of rotatable bonds is 7. The molecule has 3 nitrogen and oxygen atoms in total. The SMILES string of the molecule is C=C=CC(OCCOCCO)C(F)(F)F. The lowest BCUT2D eigenvalue weighted by Gasteiger charge is -2.16. The summed E-state index contributed by atoms with van der Waals surface area (Å²) in [6.07, 6.45) is -5.78. The van der Waals surface area contributed by atoms with E-state index < -0.39 is 12.3 Å². The van der Waals surface area contributed by atoms with E-state index in [2.05, 4.69) is 11.3 Å². The molecule has 0 amide bonds. The van der Waals surface area contributed by atoms with E-state index in [1.165, 1.54) is 0 Å². The van der Waals surface area contributed by atoms with E-state index >= 15 is 0 Å². The Morgan fingerprint density at radius 1 is 1.33 bits per heavy atom. The number of hydrogen-bond donors (Lipinski definition) is 1. The molecule has 0 aromatic heterocycles. The minimum absolute atomic E-state index is 0.00186. The molecule has 0 aliphatic rings. The summed E-state index contributed by atoms with van der Waals surface area (Å²) in [4.78, 5) is 0. The third-order valence-electron chi connectivity index (χ3n) is 1.35. The van der Waals surface area contributed by atoms with Gasteiger partial charge in [-0.15, -0.1) is 5.73 Å². The van der Waals surface area contributed by atoms with Crippen molar-refractivity contribution in [2.75, 3.05) is 26.4 Å². The number of halogens is 3. The first-order valence-corrected chi connectivity index (χ1v) is 4.25. The maximum atomic E-state index is 12.2. The van der Waals surface area contributed by atoms with E-state index in [0.29, 0.717) is 6.08 Å². The quantitative estimate of drug-likeness (QED) is 0.525. The van der Waals surface area contributed by atoms with Crippen molar-refractivity contribution in [1.82, 2.24) is 0 Å². The van der Waals surface area contributed by atoms with Gasteiger partial charge in [-0.25, -0.2) is 0 Å². The van der Waals surface area contributed by atoms with Crippen LogP contribution < -0.4 is 0 Å². The minimum atomic E-state index is -4.47. The van der Waals surface area contributed by atoms with Gasteiger partial charge < -0.3 is 14.6 Å². The van der Waals surface area contributed by atoms with Crippen LogP contribution in [-0.4, -0.2) is 43.8 Å². The Labute approximate surface area is 85.8 Å². The van der Waals surface area contributed by atoms with E-state index in [1.54, 1.807) is 0 Å². The third kappa shape index (κ3) is 7.16. The zero-order chi connectivity index (χ0) is 11.7. The summed E-state index contributed by atoms with van der Waals surface area (Å²) in [5, 5.41) is 8.32. The van der Waals surface area contributed by atoms with Crippen LogP contribution in [0.3, 0.4) is 0 Å². The summed E-state index contributed by atoms with van der Waals surface area (Å²) in [5.74, 6) is 0. The molecule has 1 N–H and O–H groups in total. The Kier molecular flexibility index (Phi) is 7.07. The molecule has 0 radical (unpaired) electrons. The standard InChI is InChI=1S/C9H13F3O3/c1-2-3-8(9(10,11)12)15-7-6-14-5-4-13/h3,8,13H,1,4-7H2. The van der Waals surface area contributed by atoms with Gasteiger partial charge in [-0.2, -0.15) is 13.2 Å². The number of ether oxygens (including phenoxy) is 2. The van der Waals surface area contributed by atoms with Crippen LogP contribution >= 0.6 is 0 Å². The van der Waals surface area contributed by atoms with Crippen molar-refractivity contribution >= 4 is 0 Å². The van der Waals surface area contributed by atoms with Gasteiger partial charge in [-0.3, -0.25) is 0 Å². The molecule has 0 aromatic carbocycles. The highest BCUT2D eigenvalue weighted by atomic mass is 19.4. The van der Waals surface area contributed by atoms with Crippen molar-refractivity contribution in [3.05, 3.63) is 18.4 Å². The third-order valence-corrected chi connectivity index (χ3v) is 1.35. The number of hydrogen-bond acceptors (Lipinski definition) is 3. The van der Waals surface area contributed by atoms with Crippen molar-refractivity contribution in [2.24, 2.45) is 0 Å². The molecular weight excluding hydrogens is 213 g/mol. The highest BCUT2D eigenvalue weighted by Gasteiger charge is 2.38. The van der Waals surface area contributed by atoms with Crippen LogP contribution in [0.5, 0.6) is 0 Å². The van der Waals surface area contributed by atoms with Gasteiger partial charge in [0.05, 0.1) is 26.4 Å². The van der Waals surface area contributed by atoms with Crippen LogP contribution in [0.15, 0.2) is 18.4 Å². The molecular formula is C9H13F3O3. The van der Waals surface area contributed by atoms with Crippen molar-refractivity contribution < 1.29 is 27.8 Å². The van der Waals surface area contributed by atoms with Crippen LogP contribution in [0, 0.1) is 0 Å². The summed E-state index contributed by atoms with van der Waals surface area (Å²) >= 11 is 0. The summed E-state index contributed by atoms with van der Waals surface area (Å²) < 4.78 is 45.8. The summed E-state index contributed by atoms with van der Waals surface area (Å²) in [6, 6.07) is 0. The lowest BCUT2D eigenvalue weighted by atomic mass is 10.3. The molecule has 1 atom stereocenters. The van der Waals surface area contributed by atoms with Gasteiger partial charge in [-0.1, -0.05) is 6.58 Å². The first-order chi connectivity index (χ1) is 7.02. The Morgan fingerprint density at radius 3 is 2.47 bits per heavy atom. The first kappa shape index (κ1) is 14.2. The molecule has 1 unspecified atom stereocenters. The molecule has 6 heteroatoms. The number of alkyl halides is 3. The zero-order valence-corrected chi connectivity index (χ0v) is 8.09. The van der Waals surface area contributed by atoms with Crippen molar-refractivity contribution in [3.63, 3.8) is 0 Å². The fraction of sp³-hybridized carbons (Fsp3) is 0.667. The van der Waals surface area contributed by atoms with Crippen molar-refractivity contribution in [1.29, 1.82) is 0 Å². The predicted octanol–water partition coefficient (Wildman–Crippen LogP) is 1.28. The van der Waals surface area contributed by atoms with Gasteiger partial charge in [0.1, 0.15) is 0 Å². The second-order valence-electron chi connectivity index (χ2n) is 2.54. The molecule has 15 heavy (non-hydrogen) atoms. The largest absolute Gasteiger partial charge is 0.418 e. The molecule has 0 rings (SSSR count). The maximum Gasteiger partial charge on any atom is 0.418 e. The van der Waals surface area contributed by atoms with Crippen LogP contribution in [0.2, 0.25) is 0 Å². The lowest BCUT2D eigenvalue weighted by molar-refractivity contribution is -0.206. The second-order valence-corrected chi connectivity index (χ2v) is 2.54. The van der Waals surface area contributed by atoms with E-state index in [1.807, 2.05) is 5.73 Å². The Hall–Kier alpha value is -0.810. The molecule has 0 aromatic rings. The molecule has 0 saturated heterocycles. The summed E-state index contributed by atoms with van der Waals surface area (Å²) in [5.41, 5.74) is 2.03. The Morgan fingerprint density at radius 2 is 2.00 bits per heavy atom. The van der Waals surface area contributed by atoms with Gasteiger partial charge >= 0.3 is 6.18 Å². The van der Waals surface area contributed by atoms with Gasteiger partial charge in [0.25, 0.3) is 0 Å². The maximum absolute atomic E-state index is 12.2. The van der Waals surface area contributed by atoms with E-state index in [4.69, 9.17) is 9.84 Å². The van der Waals surface area contributed by atoms with Gasteiger partial charge in [0.15, 0.2) is 6.10 Å². The van der Waals surface area contributed by atoms with Crippen molar-refractivity contribution in [3.8, 4) is 0 Å². The van der Waals surface area contributed by atoms with Crippen LogP contribution in [0.4, 0.5) is 13.2 Å². The highest BCUT2D eigenvalue weighted by Crippen LogP contribution is 2.23. The predicted molar refractivity (Wildman–Crippen MR) is 47.4 cm³/mol.